The van der Waals surface area contributed by atoms with Crippen LogP contribution in [0.3, 0.4) is 0 Å². The van der Waals surface area contributed by atoms with Crippen LogP contribution in [0.5, 0.6) is 0 Å². The molecule has 0 unspecified atom stereocenters. The number of hydrogen-bond acceptors (Lipinski definition) is 0. The Kier molecular flexibility index (Phi) is 4.55. The number of hydrogen-bond donors (Lipinski definition) is 0. The predicted molar refractivity (Wildman–Crippen MR) is 141 cm³/mol. The zero-order chi connectivity index (χ0) is 23.0. The summed E-state index contributed by atoms with van der Waals surface area (Å²) in [4.78, 5) is 0. The minimum atomic E-state index is -1.37. The van der Waals surface area contributed by atoms with Crippen molar-refractivity contribution in [3.63, 3.8) is 0 Å². The van der Waals surface area contributed by atoms with Crippen molar-refractivity contribution in [1.82, 2.24) is 0 Å². The van der Waals surface area contributed by atoms with Gasteiger partial charge in [-0.3, -0.25) is 0 Å². The Labute approximate surface area is 193 Å². The van der Waals surface area contributed by atoms with Gasteiger partial charge in [-0.1, -0.05) is 81.1 Å². The van der Waals surface area contributed by atoms with E-state index in [1.165, 1.54) is 60.7 Å². The monoisotopic (exact) mass is 436 g/mol. The summed E-state index contributed by atoms with van der Waals surface area (Å²) >= 11 is 0. The Morgan fingerprint density at radius 2 is 1.47 bits per heavy atom. The van der Waals surface area contributed by atoms with Crippen LogP contribution in [-0.2, 0) is 12.5 Å². The molecule has 1 aliphatic carbocycles. The molecule has 0 spiro atoms. The third-order valence-corrected chi connectivity index (χ3v) is 9.63. The SMILES string of the molecule is Cc1cc2c(cc1-c1c3ccc([Si](C)(C)C)cc3cc(C)[n+]1C)C(C)(C)c1ccccc1-2. The maximum Gasteiger partial charge on any atom is 0.220 e. The van der Waals surface area contributed by atoms with Gasteiger partial charge in [-0.25, -0.2) is 0 Å². The fourth-order valence-electron chi connectivity index (χ4n) is 5.48. The zero-order valence-corrected chi connectivity index (χ0v) is 21.7. The van der Waals surface area contributed by atoms with Crippen molar-refractivity contribution >= 4 is 24.0 Å². The highest BCUT2D eigenvalue weighted by Gasteiger charge is 2.36. The third-order valence-electron chi connectivity index (χ3n) is 7.59. The molecule has 0 radical (unpaired) electrons. The third kappa shape index (κ3) is 3.00. The van der Waals surface area contributed by atoms with Gasteiger partial charge in [0.2, 0.25) is 5.69 Å². The van der Waals surface area contributed by atoms with Crippen molar-refractivity contribution < 1.29 is 4.57 Å². The molecule has 162 valence electrons. The standard InChI is InChI=1S/C30H34NSi/c1-19-15-26-24-11-9-10-12-27(24)30(3,4)28(26)18-25(19)29-23-14-13-22(32(6,7)8)17-21(23)16-20(2)31(29)5/h9-18H,1-8H3/q+1. The number of nitrogens with zero attached hydrogens (tertiary/aromatic N) is 1. The minimum Gasteiger partial charge on any atom is -0.198 e. The number of fused-ring (bicyclic) bond motifs is 4. The second-order valence-electron chi connectivity index (χ2n) is 11.1. The van der Waals surface area contributed by atoms with Crippen LogP contribution >= 0.6 is 0 Å². The quantitative estimate of drug-likeness (QED) is 0.240. The maximum atomic E-state index is 2.48. The molecule has 2 heteroatoms. The molecular formula is C30H34NSi+. The van der Waals surface area contributed by atoms with Gasteiger partial charge in [-0.15, -0.1) is 0 Å². The van der Waals surface area contributed by atoms with E-state index in [1.807, 2.05) is 0 Å². The summed E-state index contributed by atoms with van der Waals surface area (Å²) in [7, 11) is 0.846. The molecule has 0 N–H and O–H groups in total. The Balaban J connectivity index is 1.81. The van der Waals surface area contributed by atoms with Crippen LogP contribution < -0.4 is 9.75 Å². The summed E-state index contributed by atoms with van der Waals surface area (Å²) < 4.78 is 2.38. The predicted octanol–water partition coefficient (Wildman–Crippen LogP) is 6.80. The lowest BCUT2D eigenvalue weighted by Gasteiger charge is -2.22. The normalized spacial score (nSPS) is 14.5. The number of benzene rings is 3. The van der Waals surface area contributed by atoms with Crippen LogP contribution in [-0.4, -0.2) is 8.07 Å². The van der Waals surface area contributed by atoms with Crippen LogP contribution in [0.25, 0.3) is 33.2 Å². The maximum absolute atomic E-state index is 2.48. The molecule has 0 aliphatic heterocycles. The minimum absolute atomic E-state index is 0.0115. The van der Waals surface area contributed by atoms with Gasteiger partial charge in [-0.05, 0) is 52.3 Å². The van der Waals surface area contributed by atoms with Crippen LogP contribution in [0, 0.1) is 13.8 Å². The molecule has 32 heavy (non-hydrogen) atoms. The van der Waals surface area contributed by atoms with Gasteiger partial charge in [0.1, 0.15) is 7.05 Å². The Morgan fingerprint density at radius 3 is 2.19 bits per heavy atom. The van der Waals surface area contributed by atoms with E-state index in [0.29, 0.717) is 0 Å². The Hall–Kier alpha value is -2.71. The number of aryl methyl sites for hydroxylation is 2. The summed E-state index contributed by atoms with van der Waals surface area (Å²) in [5.41, 5.74) is 11.0. The lowest BCUT2D eigenvalue weighted by molar-refractivity contribution is -0.665. The first kappa shape index (κ1) is 21.1. The van der Waals surface area contributed by atoms with Crippen molar-refractivity contribution in [2.45, 2.75) is 52.8 Å². The van der Waals surface area contributed by atoms with Crippen molar-refractivity contribution in [2.24, 2.45) is 7.05 Å². The molecule has 0 saturated carbocycles. The van der Waals surface area contributed by atoms with E-state index < -0.39 is 8.07 Å². The molecule has 4 aromatic rings. The van der Waals surface area contributed by atoms with Crippen molar-refractivity contribution in [3.8, 4) is 22.4 Å². The topological polar surface area (TPSA) is 3.88 Å². The van der Waals surface area contributed by atoms with E-state index in [4.69, 9.17) is 0 Å². The van der Waals surface area contributed by atoms with Gasteiger partial charge in [-0.2, -0.15) is 4.57 Å². The van der Waals surface area contributed by atoms with Crippen LogP contribution in [0.15, 0.2) is 60.7 Å². The van der Waals surface area contributed by atoms with Gasteiger partial charge >= 0.3 is 0 Å². The molecule has 0 fully saturated rings. The van der Waals surface area contributed by atoms with Crippen molar-refractivity contribution in [1.29, 1.82) is 0 Å². The average Bonchev–Trinajstić information content (AvgIpc) is 2.95. The second kappa shape index (κ2) is 6.89. The van der Waals surface area contributed by atoms with E-state index in [1.54, 1.807) is 0 Å². The molecule has 1 aliphatic rings. The fourth-order valence-corrected chi connectivity index (χ4v) is 6.65. The number of pyridine rings is 1. The van der Waals surface area contributed by atoms with Gasteiger partial charge in [0.15, 0.2) is 5.69 Å². The highest BCUT2D eigenvalue weighted by molar-refractivity contribution is 6.88. The van der Waals surface area contributed by atoms with Gasteiger partial charge in [0, 0.05) is 18.4 Å². The summed E-state index contributed by atoms with van der Waals surface area (Å²) in [6.07, 6.45) is 0. The second-order valence-corrected chi connectivity index (χ2v) is 16.2. The molecule has 3 aromatic carbocycles. The smallest absolute Gasteiger partial charge is 0.198 e. The summed E-state index contributed by atoms with van der Waals surface area (Å²) in [5, 5.41) is 4.22. The summed E-state index contributed by atoms with van der Waals surface area (Å²) in [6.45, 7) is 16.5. The van der Waals surface area contributed by atoms with Gasteiger partial charge in [0.05, 0.1) is 19.0 Å². The average molecular weight is 437 g/mol. The van der Waals surface area contributed by atoms with Gasteiger partial charge in [0.25, 0.3) is 0 Å². The highest BCUT2D eigenvalue weighted by Crippen LogP contribution is 2.50. The van der Waals surface area contributed by atoms with E-state index in [0.717, 1.165) is 0 Å². The van der Waals surface area contributed by atoms with Crippen LogP contribution in [0.2, 0.25) is 19.6 Å². The summed E-state index contributed by atoms with van der Waals surface area (Å²) in [6, 6.07) is 23.3. The van der Waals surface area contributed by atoms with Crippen LogP contribution in [0.4, 0.5) is 0 Å². The first-order valence-electron chi connectivity index (χ1n) is 11.7. The van der Waals surface area contributed by atoms with Crippen molar-refractivity contribution in [2.75, 3.05) is 0 Å². The van der Waals surface area contributed by atoms with E-state index in [-0.39, 0.29) is 5.41 Å². The van der Waals surface area contributed by atoms with E-state index >= 15 is 0 Å². The molecule has 1 aromatic heterocycles. The Bertz CT molecular complexity index is 1400. The molecule has 5 rings (SSSR count). The molecule has 0 amide bonds. The number of aromatic nitrogens is 1. The molecule has 0 bridgehead atoms. The molecule has 0 atom stereocenters. The zero-order valence-electron chi connectivity index (χ0n) is 20.7. The molecular weight excluding hydrogens is 402 g/mol. The molecule has 1 nitrogen and oxygen atoms in total. The van der Waals surface area contributed by atoms with E-state index in [9.17, 15) is 0 Å². The first-order chi connectivity index (χ1) is 15.0. The number of rotatable bonds is 2. The van der Waals surface area contributed by atoms with E-state index in [2.05, 4.69) is 120 Å². The van der Waals surface area contributed by atoms with Gasteiger partial charge < -0.3 is 0 Å². The largest absolute Gasteiger partial charge is 0.220 e. The molecule has 0 saturated heterocycles. The Morgan fingerprint density at radius 1 is 0.750 bits per heavy atom. The van der Waals surface area contributed by atoms with Crippen molar-refractivity contribution in [3.05, 3.63) is 83.0 Å². The lowest BCUT2D eigenvalue weighted by Crippen LogP contribution is -2.38. The first-order valence-corrected chi connectivity index (χ1v) is 15.2. The highest BCUT2D eigenvalue weighted by atomic mass is 28.3. The molecule has 1 heterocycles. The van der Waals surface area contributed by atoms with Crippen LogP contribution in [0.1, 0.15) is 36.2 Å². The summed E-state index contributed by atoms with van der Waals surface area (Å²) in [5.74, 6) is 0. The fraction of sp³-hybridized carbons (Fsp3) is 0.300. The lowest BCUT2D eigenvalue weighted by atomic mass is 9.81.